The number of piperidine rings is 1. The molecule has 194 valence electrons. The van der Waals surface area contributed by atoms with Crippen molar-refractivity contribution in [1.82, 2.24) is 14.9 Å². The van der Waals surface area contributed by atoms with Crippen LogP contribution in [0.3, 0.4) is 0 Å². The second-order valence-corrected chi connectivity index (χ2v) is 10.5. The zero-order valence-electron chi connectivity index (χ0n) is 21.7. The Morgan fingerprint density at radius 3 is 2.41 bits per heavy atom. The van der Waals surface area contributed by atoms with Crippen molar-refractivity contribution in [2.45, 2.75) is 31.5 Å². The van der Waals surface area contributed by atoms with Crippen LogP contribution in [0, 0.1) is 5.82 Å². The quantitative estimate of drug-likeness (QED) is 0.329. The van der Waals surface area contributed by atoms with Gasteiger partial charge in [-0.25, -0.2) is 9.37 Å². The monoisotopic (exact) mass is 515 g/mol. The first-order valence-corrected chi connectivity index (χ1v) is 13.6. The second-order valence-electron chi connectivity index (χ2n) is 10.5. The number of halogens is 1. The van der Waals surface area contributed by atoms with Gasteiger partial charge in [0.2, 0.25) is 0 Å². The predicted molar refractivity (Wildman–Crippen MR) is 153 cm³/mol. The first-order valence-electron chi connectivity index (χ1n) is 13.6. The Morgan fingerprint density at radius 2 is 1.62 bits per heavy atom. The summed E-state index contributed by atoms with van der Waals surface area (Å²) in [4.78, 5) is 18.0. The maximum atomic E-state index is 13.9. The molecule has 0 spiro atoms. The molecule has 1 saturated heterocycles. The molecule has 1 unspecified atom stereocenters. The summed E-state index contributed by atoms with van der Waals surface area (Å²) in [7, 11) is 0. The third-order valence-corrected chi connectivity index (χ3v) is 7.91. The van der Waals surface area contributed by atoms with Gasteiger partial charge in [0.1, 0.15) is 11.6 Å². The lowest BCUT2D eigenvalue weighted by molar-refractivity contribution is 0.202. The maximum Gasteiger partial charge on any atom is 0.151 e. The highest BCUT2D eigenvalue weighted by Crippen LogP contribution is 2.31. The normalized spacial score (nSPS) is 18.0. The van der Waals surface area contributed by atoms with Crippen molar-refractivity contribution in [3.05, 3.63) is 130 Å². The number of rotatable bonds is 5. The molecule has 5 nitrogen and oxygen atoms in total. The minimum Gasteiger partial charge on any atom is -0.342 e. The number of likely N-dealkylation sites (tertiary alicyclic amines) is 1. The zero-order chi connectivity index (χ0) is 26.2. The SMILES string of the molecule is Fc1ccc2c(c1)=CN(c1ccccc1)C(c1ccc(CN3CCC(c4nc5ccccc5[nH]4)CC3)cc1)N=2. The third-order valence-electron chi connectivity index (χ3n) is 7.91. The smallest absolute Gasteiger partial charge is 0.151 e. The summed E-state index contributed by atoms with van der Waals surface area (Å²) in [6.07, 6.45) is 4.02. The van der Waals surface area contributed by atoms with E-state index in [1.165, 1.54) is 11.6 Å². The first-order chi connectivity index (χ1) is 19.2. The lowest BCUT2D eigenvalue weighted by atomic mass is 9.95. The number of aromatic nitrogens is 2. The average molecular weight is 516 g/mol. The number of aromatic amines is 1. The van der Waals surface area contributed by atoms with E-state index in [9.17, 15) is 4.39 Å². The molecule has 1 aromatic heterocycles. The summed E-state index contributed by atoms with van der Waals surface area (Å²) >= 11 is 0. The Bertz CT molecular complexity index is 1690. The van der Waals surface area contributed by atoms with Gasteiger partial charge in [-0.1, -0.05) is 54.6 Å². The van der Waals surface area contributed by atoms with Crippen LogP contribution < -0.4 is 15.5 Å². The topological polar surface area (TPSA) is 47.5 Å². The Hall–Kier alpha value is -4.29. The highest BCUT2D eigenvalue weighted by molar-refractivity contribution is 5.74. The molecule has 2 aliphatic rings. The van der Waals surface area contributed by atoms with Gasteiger partial charge < -0.3 is 9.88 Å². The Morgan fingerprint density at radius 1 is 0.846 bits per heavy atom. The molecule has 1 N–H and O–H groups in total. The van der Waals surface area contributed by atoms with Crippen molar-refractivity contribution in [1.29, 1.82) is 0 Å². The fourth-order valence-corrected chi connectivity index (χ4v) is 5.80. The molecule has 2 aliphatic heterocycles. The van der Waals surface area contributed by atoms with E-state index >= 15 is 0 Å². The van der Waals surface area contributed by atoms with Crippen LogP contribution in [0.15, 0.2) is 102 Å². The van der Waals surface area contributed by atoms with Crippen molar-refractivity contribution in [3.63, 3.8) is 0 Å². The van der Waals surface area contributed by atoms with Crippen LogP contribution in [0.4, 0.5) is 10.1 Å². The summed E-state index contributed by atoms with van der Waals surface area (Å²) in [6.45, 7) is 3.06. The number of H-pyrrole nitrogens is 1. The van der Waals surface area contributed by atoms with Gasteiger partial charge in [0, 0.05) is 29.6 Å². The lowest BCUT2D eigenvalue weighted by Gasteiger charge is -2.32. The zero-order valence-corrected chi connectivity index (χ0v) is 21.7. The van der Waals surface area contributed by atoms with Crippen molar-refractivity contribution in [3.8, 4) is 0 Å². The highest BCUT2D eigenvalue weighted by atomic mass is 19.1. The van der Waals surface area contributed by atoms with E-state index in [2.05, 4.69) is 69.4 Å². The molecule has 5 aromatic rings. The number of hydrogen-bond acceptors (Lipinski definition) is 4. The van der Waals surface area contributed by atoms with E-state index in [4.69, 9.17) is 9.98 Å². The Kier molecular flexibility index (Phi) is 6.17. The number of nitrogens with zero attached hydrogens (tertiary/aromatic N) is 4. The standard InChI is InChI=1S/C33H30FN5/c34-27-14-15-29-26(20-27)22-39(28-6-2-1-3-7-28)33(37-29)25-12-10-23(11-13-25)21-38-18-16-24(17-19-38)32-35-30-8-4-5-9-31(30)36-32/h1-15,20,22,24,33H,16-19,21H2,(H,35,36). The first kappa shape index (κ1) is 23.8. The summed E-state index contributed by atoms with van der Waals surface area (Å²) < 4.78 is 13.9. The van der Waals surface area contributed by atoms with Gasteiger partial charge in [-0.15, -0.1) is 0 Å². The van der Waals surface area contributed by atoms with E-state index in [1.54, 1.807) is 12.1 Å². The highest BCUT2D eigenvalue weighted by Gasteiger charge is 2.24. The van der Waals surface area contributed by atoms with Gasteiger partial charge in [0.15, 0.2) is 6.17 Å². The van der Waals surface area contributed by atoms with Gasteiger partial charge in [0.05, 0.1) is 16.4 Å². The van der Waals surface area contributed by atoms with Gasteiger partial charge >= 0.3 is 0 Å². The van der Waals surface area contributed by atoms with Crippen molar-refractivity contribution in [2.75, 3.05) is 18.0 Å². The molecule has 0 amide bonds. The van der Waals surface area contributed by atoms with E-state index in [-0.39, 0.29) is 12.0 Å². The van der Waals surface area contributed by atoms with Crippen LogP contribution in [0.25, 0.3) is 17.2 Å². The van der Waals surface area contributed by atoms with Crippen LogP contribution in [-0.2, 0) is 6.54 Å². The number of anilines is 1. The summed E-state index contributed by atoms with van der Waals surface area (Å²) in [5.41, 5.74) is 5.61. The van der Waals surface area contributed by atoms with Gasteiger partial charge in [0.25, 0.3) is 0 Å². The molecule has 4 aromatic carbocycles. The molecule has 39 heavy (non-hydrogen) atoms. The van der Waals surface area contributed by atoms with Crippen LogP contribution in [-0.4, -0.2) is 28.0 Å². The number of fused-ring (bicyclic) bond motifs is 2. The molecule has 6 heteroatoms. The van der Waals surface area contributed by atoms with E-state index < -0.39 is 0 Å². The maximum absolute atomic E-state index is 13.9. The number of para-hydroxylation sites is 3. The van der Waals surface area contributed by atoms with E-state index in [1.807, 2.05) is 30.5 Å². The van der Waals surface area contributed by atoms with Crippen LogP contribution in [0.2, 0.25) is 0 Å². The third kappa shape index (κ3) is 4.84. The molecule has 0 bridgehead atoms. The molecular weight excluding hydrogens is 485 g/mol. The molecule has 3 heterocycles. The lowest BCUT2D eigenvalue weighted by Crippen LogP contribution is -2.38. The molecular formula is C33H30FN5. The molecule has 0 saturated carbocycles. The summed E-state index contributed by atoms with van der Waals surface area (Å²) in [6, 6.07) is 32.0. The fourth-order valence-electron chi connectivity index (χ4n) is 5.80. The second kappa shape index (κ2) is 10.1. The van der Waals surface area contributed by atoms with Gasteiger partial charge in [-0.3, -0.25) is 9.89 Å². The molecule has 0 aliphatic carbocycles. The minimum atomic E-state index is -0.252. The molecule has 1 fully saturated rings. The van der Waals surface area contributed by atoms with Crippen LogP contribution >= 0.6 is 0 Å². The number of nitrogens with one attached hydrogen (secondary N) is 1. The molecule has 1 atom stereocenters. The average Bonchev–Trinajstić information content (AvgIpc) is 3.42. The Balaban J connectivity index is 1.06. The van der Waals surface area contributed by atoms with Crippen LogP contribution in [0.1, 0.15) is 41.9 Å². The number of benzene rings is 4. The van der Waals surface area contributed by atoms with Gasteiger partial charge in [-0.05, 0) is 79.5 Å². The van der Waals surface area contributed by atoms with Crippen molar-refractivity contribution < 1.29 is 4.39 Å². The van der Waals surface area contributed by atoms with Gasteiger partial charge in [-0.2, -0.15) is 0 Å². The molecule has 7 rings (SSSR count). The summed E-state index contributed by atoms with van der Waals surface area (Å²) in [5.74, 6) is 1.36. The van der Waals surface area contributed by atoms with E-state index in [0.717, 1.165) is 71.2 Å². The van der Waals surface area contributed by atoms with E-state index in [0.29, 0.717) is 5.92 Å². The minimum absolute atomic E-state index is 0.209. The van der Waals surface area contributed by atoms with Crippen LogP contribution in [0.5, 0.6) is 0 Å². The largest absolute Gasteiger partial charge is 0.342 e. The number of imidazole rings is 1. The fraction of sp³-hybridized carbons (Fsp3) is 0.212. The molecule has 0 radical (unpaired) electrons. The van der Waals surface area contributed by atoms with Crippen molar-refractivity contribution >= 4 is 22.9 Å². The van der Waals surface area contributed by atoms with Crippen molar-refractivity contribution in [2.24, 2.45) is 4.99 Å². The summed E-state index contributed by atoms with van der Waals surface area (Å²) in [5, 5.41) is 1.60. The number of hydrogen-bond donors (Lipinski definition) is 1. The predicted octanol–water partition coefficient (Wildman–Crippen LogP) is 5.66. The Labute approximate surface area is 227 Å².